The Hall–Kier alpha value is -2.63. The number of nitrogens with one attached hydrogen (secondary N) is 1. The lowest BCUT2D eigenvalue weighted by Gasteiger charge is -2.07. The Labute approximate surface area is 156 Å². The van der Waals surface area contributed by atoms with E-state index in [0.29, 0.717) is 6.42 Å². The van der Waals surface area contributed by atoms with Gasteiger partial charge in [-0.1, -0.05) is 11.6 Å². The van der Waals surface area contributed by atoms with Crippen LogP contribution in [0.15, 0.2) is 6.20 Å². The van der Waals surface area contributed by atoms with Crippen molar-refractivity contribution in [2.75, 3.05) is 6.54 Å². The van der Waals surface area contributed by atoms with Crippen molar-refractivity contribution >= 4 is 23.2 Å². The molecule has 2 aromatic heterocycles. The fourth-order valence-corrected chi connectivity index (χ4v) is 2.59. The van der Waals surface area contributed by atoms with Gasteiger partial charge in [0.1, 0.15) is 18.4 Å². The smallest absolute Gasteiger partial charge is 0.354 e. The average molecular weight is 409 g/mol. The molecule has 0 bridgehead atoms. The highest BCUT2D eigenvalue weighted by Crippen LogP contribution is 2.35. The molecule has 0 saturated carbocycles. The highest BCUT2D eigenvalue weighted by molar-refractivity contribution is 6.31. The van der Waals surface area contributed by atoms with Crippen molar-refractivity contribution < 1.29 is 22.9 Å². The standard InChI is InChI=1S/C14H16ClF3N6O3/c1-8-10(24(26)27)6-20-23(8)7-11(25)19-4-3-5-22-9(2)12(15)13(21-22)14(16,17)18/h6H,3-5,7H2,1-2H3,(H,19,25). The number of hydrogen-bond donors (Lipinski definition) is 1. The van der Waals surface area contributed by atoms with Gasteiger partial charge in [-0.3, -0.25) is 24.3 Å². The van der Waals surface area contributed by atoms with E-state index in [4.69, 9.17) is 11.6 Å². The SMILES string of the molecule is Cc1c([N+](=O)[O-])cnn1CC(=O)NCCCn1nc(C(F)(F)F)c(Cl)c1C. The van der Waals surface area contributed by atoms with Gasteiger partial charge in [0, 0.05) is 13.1 Å². The summed E-state index contributed by atoms with van der Waals surface area (Å²) in [6, 6.07) is 0. The molecule has 0 unspecified atom stereocenters. The van der Waals surface area contributed by atoms with E-state index >= 15 is 0 Å². The zero-order valence-electron chi connectivity index (χ0n) is 14.4. The Kier molecular flexibility index (Phi) is 6.08. The van der Waals surface area contributed by atoms with E-state index in [-0.39, 0.29) is 36.7 Å². The van der Waals surface area contributed by atoms with Crippen molar-refractivity contribution in [1.82, 2.24) is 24.9 Å². The van der Waals surface area contributed by atoms with Crippen LogP contribution < -0.4 is 5.32 Å². The third-order valence-electron chi connectivity index (χ3n) is 3.84. The third-order valence-corrected chi connectivity index (χ3v) is 4.29. The van der Waals surface area contributed by atoms with Crippen molar-refractivity contribution in [1.29, 1.82) is 0 Å². The summed E-state index contributed by atoms with van der Waals surface area (Å²) in [5, 5.41) is 20.1. The Morgan fingerprint density at radius 3 is 2.52 bits per heavy atom. The van der Waals surface area contributed by atoms with Gasteiger partial charge in [0.25, 0.3) is 0 Å². The highest BCUT2D eigenvalue weighted by atomic mass is 35.5. The topological polar surface area (TPSA) is 108 Å². The molecule has 27 heavy (non-hydrogen) atoms. The summed E-state index contributed by atoms with van der Waals surface area (Å²) in [5.74, 6) is -0.428. The molecule has 0 aliphatic carbocycles. The van der Waals surface area contributed by atoms with Gasteiger partial charge in [-0.2, -0.15) is 23.4 Å². The van der Waals surface area contributed by atoms with Gasteiger partial charge in [-0.25, -0.2) is 0 Å². The monoisotopic (exact) mass is 408 g/mol. The molecule has 0 atom stereocenters. The van der Waals surface area contributed by atoms with E-state index in [9.17, 15) is 28.1 Å². The molecule has 0 fully saturated rings. The molecule has 2 aromatic rings. The molecule has 0 aliphatic rings. The molecule has 1 amide bonds. The second kappa shape index (κ2) is 7.94. The fourth-order valence-electron chi connectivity index (χ4n) is 2.35. The second-order valence-electron chi connectivity index (χ2n) is 5.70. The summed E-state index contributed by atoms with van der Waals surface area (Å²) in [7, 11) is 0. The molecular formula is C14H16ClF3N6O3. The van der Waals surface area contributed by atoms with Crippen molar-refractivity contribution in [2.24, 2.45) is 0 Å². The van der Waals surface area contributed by atoms with Crippen LogP contribution in [0.5, 0.6) is 0 Å². The minimum atomic E-state index is -4.63. The quantitative estimate of drug-likeness (QED) is 0.430. The first-order chi connectivity index (χ1) is 12.5. The van der Waals surface area contributed by atoms with Crippen LogP contribution >= 0.6 is 11.6 Å². The summed E-state index contributed by atoms with van der Waals surface area (Å²) in [5.41, 5.74) is -0.887. The molecule has 148 valence electrons. The minimum absolute atomic E-state index is 0.133. The molecule has 2 heterocycles. The van der Waals surface area contributed by atoms with E-state index in [0.717, 1.165) is 10.9 Å². The number of aryl methyl sites for hydroxylation is 1. The lowest BCUT2D eigenvalue weighted by atomic mass is 10.3. The maximum absolute atomic E-state index is 12.8. The van der Waals surface area contributed by atoms with Crippen LogP contribution in [0.4, 0.5) is 18.9 Å². The van der Waals surface area contributed by atoms with Crippen molar-refractivity contribution in [3.63, 3.8) is 0 Å². The lowest BCUT2D eigenvalue weighted by molar-refractivity contribution is -0.385. The molecule has 0 radical (unpaired) electrons. The summed E-state index contributed by atoms with van der Waals surface area (Å²) >= 11 is 5.66. The van der Waals surface area contributed by atoms with Gasteiger partial charge in [-0.05, 0) is 20.3 Å². The van der Waals surface area contributed by atoms with E-state index in [1.165, 1.54) is 18.5 Å². The molecular weight excluding hydrogens is 393 g/mol. The number of halogens is 4. The normalized spacial score (nSPS) is 11.6. The van der Waals surface area contributed by atoms with Gasteiger partial charge in [0.2, 0.25) is 5.91 Å². The molecule has 0 aromatic carbocycles. The maximum Gasteiger partial charge on any atom is 0.436 e. The van der Waals surface area contributed by atoms with E-state index in [1.807, 2.05) is 0 Å². The van der Waals surface area contributed by atoms with Crippen LogP contribution in [0.1, 0.15) is 23.5 Å². The second-order valence-corrected chi connectivity index (χ2v) is 6.08. The molecule has 2 rings (SSSR count). The number of aromatic nitrogens is 4. The lowest BCUT2D eigenvalue weighted by Crippen LogP contribution is -2.29. The Morgan fingerprint density at radius 1 is 1.33 bits per heavy atom. The van der Waals surface area contributed by atoms with E-state index in [2.05, 4.69) is 15.5 Å². The molecule has 13 heteroatoms. The first kappa shape index (κ1) is 20.7. The average Bonchev–Trinajstić information content (AvgIpc) is 3.06. The summed E-state index contributed by atoms with van der Waals surface area (Å²) < 4.78 is 40.6. The Balaban J connectivity index is 1.85. The zero-order valence-corrected chi connectivity index (χ0v) is 15.1. The Morgan fingerprint density at radius 2 is 2.00 bits per heavy atom. The van der Waals surface area contributed by atoms with Gasteiger partial charge < -0.3 is 5.32 Å². The van der Waals surface area contributed by atoms with Crippen molar-refractivity contribution in [2.45, 2.75) is 39.5 Å². The Bertz CT molecular complexity index is 861. The van der Waals surface area contributed by atoms with Gasteiger partial charge in [-0.15, -0.1) is 0 Å². The van der Waals surface area contributed by atoms with E-state index in [1.54, 1.807) is 0 Å². The highest BCUT2D eigenvalue weighted by Gasteiger charge is 2.38. The number of rotatable bonds is 7. The van der Waals surface area contributed by atoms with Crippen molar-refractivity contribution in [3.05, 3.63) is 38.4 Å². The summed E-state index contributed by atoms with van der Waals surface area (Å²) in [6.45, 7) is 3.01. The molecule has 0 spiro atoms. The molecule has 0 saturated heterocycles. The van der Waals surface area contributed by atoms with Crippen LogP contribution in [0.2, 0.25) is 5.02 Å². The first-order valence-corrected chi connectivity index (χ1v) is 8.13. The number of nitro groups is 1. The van der Waals surface area contributed by atoms with Gasteiger partial charge in [0.15, 0.2) is 5.69 Å². The zero-order chi connectivity index (χ0) is 20.4. The predicted octanol–water partition coefficient (Wildman–Crippen LogP) is 2.48. The van der Waals surface area contributed by atoms with E-state index < -0.39 is 27.7 Å². The van der Waals surface area contributed by atoms with Crippen molar-refractivity contribution in [3.8, 4) is 0 Å². The predicted molar refractivity (Wildman–Crippen MR) is 88.2 cm³/mol. The molecule has 0 aliphatic heterocycles. The van der Waals surface area contributed by atoms with Crippen LogP contribution in [0.25, 0.3) is 0 Å². The molecule has 9 nitrogen and oxygen atoms in total. The number of hydrogen-bond acceptors (Lipinski definition) is 5. The fraction of sp³-hybridized carbons (Fsp3) is 0.500. The summed E-state index contributed by atoms with van der Waals surface area (Å²) in [6.07, 6.45) is -3.25. The maximum atomic E-state index is 12.8. The number of carbonyl (C=O) groups excluding carboxylic acids is 1. The van der Waals surface area contributed by atoms with Crippen LogP contribution in [0, 0.1) is 24.0 Å². The third kappa shape index (κ3) is 4.76. The van der Waals surface area contributed by atoms with Gasteiger partial charge in [0.05, 0.1) is 15.6 Å². The number of alkyl halides is 3. The summed E-state index contributed by atoms with van der Waals surface area (Å²) in [4.78, 5) is 22.0. The number of carbonyl (C=O) groups is 1. The van der Waals surface area contributed by atoms with Crippen LogP contribution in [-0.4, -0.2) is 36.9 Å². The number of amides is 1. The molecule has 1 N–H and O–H groups in total. The van der Waals surface area contributed by atoms with Crippen LogP contribution in [0.3, 0.4) is 0 Å². The largest absolute Gasteiger partial charge is 0.436 e. The minimum Gasteiger partial charge on any atom is -0.354 e. The van der Waals surface area contributed by atoms with Crippen LogP contribution in [-0.2, 0) is 24.1 Å². The number of nitrogens with zero attached hydrogens (tertiary/aromatic N) is 5. The van der Waals surface area contributed by atoms with Gasteiger partial charge >= 0.3 is 11.9 Å². The first-order valence-electron chi connectivity index (χ1n) is 7.76.